The smallest absolute Gasteiger partial charge is 0.00114 e. The van der Waals surface area contributed by atoms with Crippen molar-refractivity contribution in [3.8, 4) is 0 Å². The first-order valence-corrected chi connectivity index (χ1v) is 6.71. The molecule has 2 rings (SSSR count). The summed E-state index contributed by atoms with van der Waals surface area (Å²) < 4.78 is 0. The van der Waals surface area contributed by atoms with Crippen LogP contribution >= 0.6 is 0 Å². The van der Waals surface area contributed by atoms with Crippen molar-refractivity contribution in [1.82, 2.24) is 10.2 Å². The van der Waals surface area contributed by atoms with Crippen LogP contribution in [0.1, 0.15) is 29.9 Å². The summed E-state index contributed by atoms with van der Waals surface area (Å²) in [7, 11) is 4.23. The fourth-order valence-electron chi connectivity index (χ4n) is 2.57. The highest BCUT2D eigenvalue weighted by Crippen LogP contribution is 2.27. The lowest BCUT2D eigenvalue weighted by atomic mass is 9.89. The summed E-state index contributed by atoms with van der Waals surface area (Å²) in [5, 5.41) is 3.19. The van der Waals surface area contributed by atoms with Gasteiger partial charge in [0.15, 0.2) is 0 Å². The van der Waals surface area contributed by atoms with Gasteiger partial charge in [-0.1, -0.05) is 24.3 Å². The van der Waals surface area contributed by atoms with Gasteiger partial charge >= 0.3 is 0 Å². The van der Waals surface area contributed by atoms with Gasteiger partial charge in [0.25, 0.3) is 0 Å². The van der Waals surface area contributed by atoms with Crippen LogP contribution in [0.15, 0.2) is 24.3 Å². The van der Waals surface area contributed by atoms with Crippen molar-refractivity contribution in [3.63, 3.8) is 0 Å². The molecule has 0 aliphatic carbocycles. The minimum Gasteiger partial charge on any atom is -0.319 e. The molecule has 0 aromatic heterocycles. The molecular formula is C15H24N2. The number of benzene rings is 1. The fourth-order valence-corrected chi connectivity index (χ4v) is 2.57. The molecule has 1 aromatic carbocycles. The van der Waals surface area contributed by atoms with Gasteiger partial charge in [0, 0.05) is 0 Å². The van der Waals surface area contributed by atoms with E-state index in [2.05, 4.69) is 41.5 Å². The first-order chi connectivity index (χ1) is 8.29. The lowest BCUT2D eigenvalue weighted by Crippen LogP contribution is -2.29. The Balaban J connectivity index is 1.93. The zero-order valence-electron chi connectivity index (χ0n) is 11.1. The number of hydrogen-bond acceptors (Lipinski definition) is 2. The van der Waals surface area contributed by atoms with Crippen molar-refractivity contribution in [1.29, 1.82) is 0 Å². The van der Waals surface area contributed by atoms with E-state index in [-0.39, 0.29) is 0 Å². The molecule has 0 unspecified atom stereocenters. The molecule has 1 N–H and O–H groups in total. The standard InChI is InChI=1S/C15H24N2/c1-16-10-7-13-3-5-14(6-4-13)15-8-11-17(2)12-9-15/h3-6,15-16H,7-12H2,1-2H3. The van der Waals surface area contributed by atoms with Gasteiger partial charge in [-0.05, 0) is 70.0 Å². The number of rotatable bonds is 4. The second-order valence-corrected chi connectivity index (χ2v) is 5.17. The molecule has 0 spiro atoms. The average molecular weight is 232 g/mol. The maximum Gasteiger partial charge on any atom is -0.00114 e. The Morgan fingerprint density at radius 2 is 1.82 bits per heavy atom. The van der Waals surface area contributed by atoms with Crippen LogP contribution in [-0.4, -0.2) is 38.6 Å². The first kappa shape index (κ1) is 12.6. The Kier molecular flexibility index (Phi) is 4.57. The molecule has 1 heterocycles. The molecule has 17 heavy (non-hydrogen) atoms. The van der Waals surface area contributed by atoms with Gasteiger partial charge in [-0.25, -0.2) is 0 Å². The molecule has 0 atom stereocenters. The van der Waals surface area contributed by atoms with Crippen molar-refractivity contribution >= 4 is 0 Å². The normalized spacial score (nSPS) is 18.5. The quantitative estimate of drug-likeness (QED) is 0.856. The molecule has 1 fully saturated rings. The maximum absolute atomic E-state index is 3.19. The van der Waals surface area contributed by atoms with E-state index in [0.717, 1.165) is 18.9 Å². The van der Waals surface area contributed by atoms with Crippen molar-refractivity contribution in [2.75, 3.05) is 33.7 Å². The van der Waals surface area contributed by atoms with Crippen LogP contribution in [0.4, 0.5) is 0 Å². The van der Waals surface area contributed by atoms with Crippen LogP contribution in [0.5, 0.6) is 0 Å². The Hall–Kier alpha value is -0.860. The molecule has 2 nitrogen and oxygen atoms in total. The monoisotopic (exact) mass is 232 g/mol. The van der Waals surface area contributed by atoms with Gasteiger partial charge in [0.05, 0.1) is 0 Å². The summed E-state index contributed by atoms with van der Waals surface area (Å²) in [4.78, 5) is 2.43. The van der Waals surface area contributed by atoms with Gasteiger partial charge in [0.2, 0.25) is 0 Å². The molecule has 1 aromatic rings. The third-order valence-electron chi connectivity index (χ3n) is 3.83. The van der Waals surface area contributed by atoms with Crippen LogP contribution in [0.3, 0.4) is 0 Å². The molecule has 2 heteroatoms. The summed E-state index contributed by atoms with van der Waals surface area (Å²) in [5.41, 5.74) is 2.97. The summed E-state index contributed by atoms with van der Waals surface area (Å²) in [6.07, 6.45) is 3.75. The predicted octanol–water partition coefficient (Wildman–Crippen LogP) is 2.26. The minimum atomic E-state index is 0.782. The Morgan fingerprint density at radius 3 is 2.41 bits per heavy atom. The highest BCUT2D eigenvalue weighted by Gasteiger charge is 2.17. The van der Waals surface area contributed by atoms with Gasteiger partial charge < -0.3 is 10.2 Å². The minimum absolute atomic E-state index is 0.782. The van der Waals surface area contributed by atoms with E-state index in [1.165, 1.54) is 37.1 Å². The van der Waals surface area contributed by atoms with Crippen LogP contribution in [0, 0.1) is 0 Å². The van der Waals surface area contributed by atoms with E-state index >= 15 is 0 Å². The van der Waals surface area contributed by atoms with Crippen LogP contribution < -0.4 is 5.32 Å². The summed E-state index contributed by atoms with van der Waals surface area (Å²) in [6, 6.07) is 9.26. The lowest BCUT2D eigenvalue weighted by Gasteiger charge is -2.29. The van der Waals surface area contributed by atoms with E-state index in [9.17, 15) is 0 Å². The predicted molar refractivity (Wildman–Crippen MR) is 73.5 cm³/mol. The summed E-state index contributed by atoms with van der Waals surface area (Å²) in [5.74, 6) is 0.782. The molecule has 0 amide bonds. The largest absolute Gasteiger partial charge is 0.319 e. The number of piperidine rings is 1. The molecule has 0 bridgehead atoms. The number of nitrogens with one attached hydrogen (secondary N) is 1. The molecule has 1 saturated heterocycles. The summed E-state index contributed by atoms with van der Waals surface area (Å²) >= 11 is 0. The van der Waals surface area contributed by atoms with E-state index < -0.39 is 0 Å². The first-order valence-electron chi connectivity index (χ1n) is 6.71. The van der Waals surface area contributed by atoms with E-state index in [4.69, 9.17) is 0 Å². The highest BCUT2D eigenvalue weighted by molar-refractivity contribution is 5.26. The van der Waals surface area contributed by atoms with Crippen LogP contribution in [-0.2, 0) is 6.42 Å². The lowest BCUT2D eigenvalue weighted by molar-refractivity contribution is 0.255. The molecular weight excluding hydrogens is 208 g/mol. The van der Waals surface area contributed by atoms with Crippen molar-refractivity contribution in [2.24, 2.45) is 0 Å². The number of likely N-dealkylation sites (N-methyl/N-ethyl adjacent to an activating group) is 1. The molecule has 0 radical (unpaired) electrons. The zero-order chi connectivity index (χ0) is 12.1. The third-order valence-corrected chi connectivity index (χ3v) is 3.83. The number of likely N-dealkylation sites (tertiary alicyclic amines) is 1. The number of nitrogens with zero attached hydrogens (tertiary/aromatic N) is 1. The zero-order valence-corrected chi connectivity index (χ0v) is 11.1. The average Bonchev–Trinajstić information content (AvgIpc) is 2.38. The Bertz CT molecular complexity index is 323. The van der Waals surface area contributed by atoms with Crippen LogP contribution in [0.2, 0.25) is 0 Å². The Morgan fingerprint density at radius 1 is 1.18 bits per heavy atom. The second kappa shape index (κ2) is 6.18. The Labute approximate surface area is 105 Å². The molecule has 94 valence electrons. The van der Waals surface area contributed by atoms with Gasteiger partial charge in [0.1, 0.15) is 0 Å². The van der Waals surface area contributed by atoms with Gasteiger partial charge in [-0.15, -0.1) is 0 Å². The number of hydrogen-bond donors (Lipinski definition) is 1. The van der Waals surface area contributed by atoms with E-state index in [0.29, 0.717) is 0 Å². The SMILES string of the molecule is CNCCc1ccc(C2CCN(C)CC2)cc1. The maximum atomic E-state index is 3.19. The second-order valence-electron chi connectivity index (χ2n) is 5.17. The fraction of sp³-hybridized carbons (Fsp3) is 0.600. The highest BCUT2D eigenvalue weighted by atomic mass is 15.1. The van der Waals surface area contributed by atoms with E-state index in [1.807, 2.05) is 7.05 Å². The molecule has 1 aliphatic rings. The van der Waals surface area contributed by atoms with Crippen molar-refractivity contribution in [2.45, 2.75) is 25.2 Å². The van der Waals surface area contributed by atoms with E-state index in [1.54, 1.807) is 0 Å². The van der Waals surface area contributed by atoms with Gasteiger partial charge in [-0.3, -0.25) is 0 Å². The third kappa shape index (κ3) is 3.55. The summed E-state index contributed by atoms with van der Waals surface area (Å²) in [6.45, 7) is 3.55. The molecule has 1 aliphatic heterocycles. The molecule has 0 saturated carbocycles. The van der Waals surface area contributed by atoms with Crippen molar-refractivity contribution in [3.05, 3.63) is 35.4 Å². The van der Waals surface area contributed by atoms with Gasteiger partial charge in [-0.2, -0.15) is 0 Å². The van der Waals surface area contributed by atoms with Crippen molar-refractivity contribution < 1.29 is 0 Å². The topological polar surface area (TPSA) is 15.3 Å². The van der Waals surface area contributed by atoms with Crippen LogP contribution in [0.25, 0.3) is 0 Å².